The van der Waals surface area contributed by atoms with E-state index in [2.05, 4.69) is 12.1 Å². The third-order valence-electron chi connectivity index (χ3n) is 3.59. The molecule has 0 unspecified atom stereocenters. The number of fused-ring (bicyclic) bond motifs is 1. The van der Waals surface area contributed by atoms with Crippen molar-refractivity contribution in [3.05, 3.63) is 70.0 Å². The van der Waals surface area contributed by atoms with Crippen molar-refractivity contribution < 1.29 is 4.39 Å². The number of nitrogens with two attached hydrogens (primary N) is 1. The van der Waals surface area contributed by atoms with Crippen LogP contribution < -0.4 is 5.73 Å². The first-order chi connectivity index (χ1) is 8.58. The zero-order valence-corrected chi connectivity index (χ0v) is 10.5. The van der Waals surface area contributed by atoms with Crippen LogP contribution >= 0.6 is 11.6 Å². The van der Waals surface area contributed by atoms with Gasteiger partial charge in [0.1, 0.15) is 5.82 Å². The molecule has 0 atom stereocenters. The molecule has 0 radical (unpaired) electrons. The standard InChI is InChI=1S/C15H13ClFN/c16-14-6-5-12(17)7-13(14)15(18)8-10-3-1-2-4-11(10)9-15/h1-7H,8-9,18H2. The zero-order chi connectivity index (χ0) is 12.8. The quantitative estimate of drug-likeness (QED) is 0.836. The molecule has 1 aliphatic carbocycles. The van der Waals surface area contributed by atoms with Gasteiger partial charge in [-0.2, -0.15) is 0 Å². The van der Waals surface area contributed by atoms with Crippen LogP contribution in [0, 0.1) is 5.82 Å². The lowest BCUT2D eigenvalue weighted by atomic mass is 9.88. The minimum Gasteiger partial charge on any atom is -0.321 e. The number of halogens is 2. The number of rotatable bonds is 1. The second kappa shape index (κ2) is 4.08. The Hall–Kier alpha value is -1.38. The molecule has 92 valence electrons. The van der Waals surface area contributed by atoms with Gasteiger partial charge in [0, 0.05) is 5.02 Å². The number of hydrogen-bond donors (Lipinski definition) is 1. The normalized spacial score (nSPS) is 16.6. The highest BCUT2D eigenvalue weighted by atomic mass is 35.5. The average molecular weight is 262 g/mol. The van der Waals surface area contributed by atoms with Crippen molar-refractivity contribution in [1.29, 1.82) is 0 Å². The molecule has 1 nitrogen and oxygen atoms in total. The maximum absolute atomic E-state index is 13.4. The molecular formula is C15H13ClFN. The Morgan fingerprint density at radius 2 is 1.67 bits per heavy atom. The summed E-state index contributed by atoms with van der Waals surface area (Å²) in [7, 11) is 0. The topological polar surface area (TPSA) is 26.0 Å². The Balaban J connectivity index is 2.06. The summed E-state index contributed by atoms with van der Waals surface area (Å²) >= 11 is 6.16. The van der Waals surface area contributed by atoms with E-state index in [-0.39, 0.29) is 5.82 Å². The van der Waals surface area contributed by atoms with Gasteiger partial charge in [-0.25, -0.2) is 4.39 Å². The molecule has 0 spiro atoms. The van der Waals surface area contributed by atoms with E-state index in [0.29, 0.717) is 23.4 Å². The molecule has 0 fully saturated rings. The molecule has 3 heteroatoms. The van der Waals surface area contributed by atoms with Crippen LogP contribution in [0.5, 0.6) is 0 Å². The summed E-state index contributed by atoms with van der Waals surface area (Å²) < 4.78 is 13.4. The molecule has 3 rings (SSSR count). The van der Waals surface area contributed by atoms with Gasteiger partial charge in [0.2, 0.25) is 0 Å². The molecule has 18 heavy (non-hydrogen) atoms. The van der Waals surface area contributed by atoms with Crippen molar-refractivity contribution in [3.8, 4) is 0 Å². The maximum Gasteiger partial charge on any atom is 0.123 e. The Bertz CT molecular complexity index is 584. The lowest BCUT2D eigenvalue weighted by Gasteiger charge is -2.25. The van der Waals surface area contributed by atoms with Crippen LogP contribution in [0.3, 0.4) is 0 Å². The van der Waals surface area contributed by atoms with Crippen LogP contribution in [0.25, 0.3) is 0 Å². The minimum atomic E-state index is -0.594. The Kier molecular flexibility index (Phi) is 2.65. The first kappa shape index (κ1) is 11.7. The molecule has 2 N–H and O–H groups in total. The van der Waals surface area contributed by atoms with Gasteiger partial charge in [0.25, 0.3) is 0 Å². The third-order valence-corrected chi connectivity index (χ3v) is 3.92. The van der Waals surface area contributed by atoms with Crippen molar-refractivity contribution >= 4 is 11.6 Å². The van der Waals surface area contributed by atoms with Crippen molar-refractivity contribution in [2.75, 3.05) is 0 Å². The monoisotopic (exact) mass is 261 g/mol. The summed E-state index contributed by atoms with van der Waals surface area (Å²) in [6, 6.07) is 12.5. The van der Waals surface area contributed by atoms with Crippen LogP contribution in [-0.2, 0) is 18.4 Å². The van der Waals surface area contributed by atoms with Gasteiger partial charge in [-0.3, -0.25) is 0 Å². The van der Waals surface area contributed by atoms with Crippen molar-refractivity contribution in [2.24, 2.45) is 5.73 Å². The van der Waals surface area contributed by atoms with Crippen LogP contribution in [0.4, 0.5) is 4.39 Å². The summed E-state index contributed by atoms with van der Waals surface area (Å²) in [4.78, 5) is 0. The number of benzene rings is 2. The fourth-order valence-electron chi connectivity index (χ4n) is 2.71. The average Bonchev–Trinajstić information content (AvgIpc) is 2.69. The highest BCUT2D eigenvalue weighted by Crippen LogP contribution is 2.38. The second-order valence-electron chi connectivity index (χ2n) is 4.90. The summed E-state index contributed by atoms with van der Waals surface area (Å²) in [6.07, 6.45) is 1.40. The molecule has 0 aliphatic heterocycles. The summed E-state index contributed by atoms with van der Waals surface area (Å²) in [6.45, 7) is 0. The fraction of sp³-hybridized carbons (Fsp3) is 0.200. The first-order valence-electron chi connectivity index (χ1n) is 5.90. The summed E-state index contributed by atoms with van der Waals surface area (Å²) in [5, 5.41) is 0.534. The fourth-order valence-corrected chi connectivity index (χ4v) is 3.02. The smallest absolute Gasteiger partial charge is 0.123 e. The Morgan fingerprint density at radius 1 is 1.06 bits per heavy atom. The first-order valence-corrected chi connectivity index (χ1v) is 6.27. The van der Waals surface area contributed by atoms with Gasteiger partial charge in [-0.1, -0.05) is 35.9 Å². The molecule has 2 aromatic carbocycles. The van der Waals surface area contributed by atoms with E-state index < -0.39 is 5.54 Å². The zero-order valence-electron chi connectivity index (χ0n) is 9.79. The van der Waals surface area contributed by atoms with E-state index in [0.717, 1.165) is 0 Å². The van der Waals surface area contributed by atoms with Crippen LogP contribution in [0.1, 0.15) is 16.7 Å². The predicted molar refractivity (Wildman–Crippen MR) is 71.1 cm³/mol. The van der Waals surface area contributed by atoms with E-state index in [1.807, 2.05) is 12.1 Å². The molecular weight excluding hydrogens is 249 g/mol. The molecule has 0 amide bonds. The lowest BCUT2D eigenvalue weighted by molar-refractivity contribution is 0.469. The van der Waals surface area contributed by atoms with E-state index >= 15 is 0 Å². The molecule has 0 heterocycles. The summed E-state index contributed by atoms with van der Waals surface area (Å²) in [5.74, 6) is -0.296. The molecule has 1 aliphatic rings. The maximum atomic E-state index is 13.4. The minimum absolute atomic E-state index is 0.296. The molecule has 0 aromatic heterocycles. The predicted octanol–water partition coefficient (Wildman–Crippen LogP) is 3.43. The molecule has 0 bridgehead atoms. The third kappa shape index (κ3) is 1.82. The van der Waals surface area contributed by atoms with Gasteiger partial charge in [0.05, 0.1) is 5.54 Å². The SMILES string of the molecule is NC1(c2cc(F)ccc2Cl)Cc2ccccc2C1. The van der Waals surface area contributed by atoms with Crippen molar-refractivity contribution in [3.63, 3.8) is 0 Å². The largest absolute Gasteiger partial charge is 0.321 e. The van der Waals surface area contributed by atoms with Gasteiger partial charge >= 0.3 is 0 Å². The van der Waals surface area contributed by atoms with Crippen LogP contribution in [0.15, 0.2) is 42.5 Å². The van der Waals surface area contributed by atoms with E-state index in [1.54, 1.807) is 6.07 Å². The number of hydrogen-bond acceptors (Lipinski definition) is 1. The van der Waals surface area contributed by atoms with E-state index in [1.165, 1.54) is 23.3 Å². The van der Waals surface area contributed by atoms with Gasteiger partial charge in [0.15, 0.2) is 0 Å². The van der Waals surface area contributed by atoms with E-state index in [9.17, 15) is 4.39 Å². The van der Waals surface area contributed by atoms with Gasteiger partial charge in [-0.15, -0.1) is 0 Å². The second-order valence-corrected chi connectivity index (χ2v) is 5.31. The summed E-state index contributed by atoms with van der Waals surface area (Å²) in [5.41, 5.74) is 8.99. The highest BCUT2D eigenvalue weighted by Gasteiger charge is 2.36. The molecule has 0 saturated heterocycles. The molecule has 0 saturated carbocycles. The van der Waals surface area contributed by atoms with Crippen LogP contribution in [0.2, 0.25) is 5.02 Å². The Morgan fingerprint density at radius 3 is 2.28 bits per heavy atom. The van der Waals surface area contributed by atoms with Gasteiger partial charge < -0.3 is 5.73 Å². The van der Waals surface area contributed by atoms with Gasteiger partial charge in [-0.05, 0) is 47.7 Å². The van der Waals surface area contributed by atoms with Crippen molar-refractivity contribution in [2.45, 2.75) is 18.4 Å². The Labute approximate surface area is 110 Å². The van der Waals surface area contributed by atoms with Crippen molar-refractivity contribution in [1.82, 2.24) is 0 Å². The van der Waals surface area contributed by atoms with Crippen LogP contribution in [-0.4, -0.2) is 0 Å². The highest BCUT2D eigenvalue weighted by molar-refractivity contribution is 6.31. The molecule has 2 aromatic rings. The lowest BCUT2D eigenvalue weighted by Crippen LogP contribution is -2.37. The van der Waals surface area contributed by atoms with E-state index in [4.69, 9.17) is 17.3 Å².